The third kappa shape index (κ3) is 16.6. The molecule has 0 saturated heterocycles. The lowest BCUT2D eigenvalue weighted by Gasteiger charge is -2.29. The van der Waals surface area contributed by atoms with Gasteiger partial charge in [-0.1, -0.05) is 32.1 Å². The fourth-order valence-electron chi connectivity index (χ4n) is 2.57. The third-order valence-electron chi connectivity index (χ3n) is 4.25. The maximum Gasteiger partial charge on any atom is 0.0553 e. The fourth-order valence-corrected chi connectivity index (χ4v) is 4.59. The van der Waals surface area contributed by atoms with E-state index in [4.69, 9.17) is 50.5 Å². The molecule has 0 rings (SSSR count). The molecule has 0 aromatic rings. The third-order valence-corrected chi connectivity index (χ3v) is 7.13. The van der Waals surface area contributed by atoms with E-state index in [9.17, 15) is 0 Å². The zero-order valence-electron chi connectivity index (χ0n) is 14.6. The molecular formula is C17H36S7. The lowest BCUT2D eigenvalue weighted by atomic mass is 10.0. The van der Waals surface area contributed by atoms with Gasteiger partial charge in [-0.15, -0.1) is 0 Å². The summed E-state index contributed by atoms with van der Waals surface area (Å²) >= 11 is 32.1. The first-order valence-corrected chi connectivity index (χ1v) is 12.6. The standard InChI is InChI=1S/C17H36S7/c18-13-6-4-2-1-3-5-9-16(21,22)11-12-17(23,24)10-7-15(20)8-14-19/h15,18-24H,1-14H2. The Hall–Kier alpha value is 2.45. The summed E-state index contributed by atoms with van der Waals surface area (Å²) in [5, 5.41) is 0.389. The van der Waals surface area contributed by atoms with E-state index in [2.05, 4.69) is 37.9 Å². The van der Waals surface area contributed by atoms with Crippen LogP contribution < -0.4 is 0 Å². The van der Waals surface area contributed by atoms with E-state index in [0.29, 0.717) is 5.25 Å². The van der Waals surface area contributed by atoms with Gasteiger partial charge in [0.15, 0.2) is 0 Å². The zero-order valence-corrected chi connectivity index (χ0v) is 20.9. The maximum atomic E-state index is 4.76. The molecule has 0 fully saturated rings. The van der Waals surface area contributed by atoms with Gasteiger partial charge in [-0.3, -0.25) is 0 Å². The van der Waals surface area contributed by atoms with Crippen LogP contribution in [0, 0.1) is 0 Å². The summed E-state index contributed by atoms with van der Waals surface area (Å²) < 4.78 is -0.478. The van der Waals surface area contributed by atoms with E-state index in [1.165, 1.54) is 38.5 Å². The molecule has 0 amide bonds. The van der Waals surface area contributed by atoms with E-state index in [-0.39, 0.29) is 8.16 Å². The van der Waals surface area contributed by atoms with Crippen LogP contribution in [0.25, 0.3) is 0 Å². The van der Waals surface area contributed by atoms with Crippen LogP contribution in [0.15, 0.2) is 0 Å². The van der Waals surface area contributed by atoms with Crippen molar-refractivity contribution >= 4 is 88.4 Å². The van der Waals surface area contributed by atoms with E-state index in [1.54, 1.807) is 0 Å². The van der Waals surface area contributed by atoms with Gasteiger partial charge in [0.25, 0.3) is 0 Å². The first-order chi connectivity index (χ1) is 11.2. The largest absolute Gasteiger partial charge is 0.179 e. The van der Waals surface area contributed by atoms with Crippen molar-refractivity contribution in [3.8, 4) is 0 Å². The smallest absolute Gasteiger partial charge is 0.0553 e. The molecule has 0 radical (unpaired) electrons. The number of rotatable bonds is 16. The Morgan fingerprint density at radius 3 is 1.58 bits per heavy atom. The Morgan fingerprint density at radius 2 is 1.04 bits per heavy atom. The fraction of sp³-hybridized carbons (Fsp3) is 1.00. The summed E-state index contributed by atoms with van der Waals surface area (Å²) in [6, 6.07) is 0. The van der Waals surface area contributed by atoms with Crippen molar-refractivity contribution < 1.29 is 0 Å². The average molecular weight is 465 g/mol. The van der Waals surface area contributed by atoms with Gasteiger partial charge in [-0.05, 0) is 56.5 Å². The minimum absolute atomic E-state index is 0.215. The highest BCUT2D eigenvalue weighted by atomic mass is 32.2. The van der Waals surface area contributed by atoms with Gasteiger partial charge in [0.1, 0.15) is 0 Å². The van der Waals surface area contributed by atoms with Crippen molar-refractivity contribution in [1.82, 2.24) is 0 Å². The molecule has 0 N–H and O–H groups in total. The summed E-state index contributed by atoms with van der Waals surface area (Å²) in [4.78, 5) is 0. The molecule has 146 valence electrons. The maximum absolute atomic E-state index is 4.76. The average Bonchev–Trinajstić information content (AvgIpc) is 2.51. The summed E-state index contributed by atoms with van der Waals surface area (Å²) in [5.41, 5.74) is 0. The van der Waals surface area contributed by atoms with Crippen molar-refractivity contribution in [3.05, 3.63) is 0 Å². The number of unbranched alkanes of at least 4 members (excludes halogenated alkanes) is 5. The molecular weight excluding hydrogens is 429 g/mol. The normalized spacial score (nSPS) is 14.1. The van der Waals surface area contributed by atoms with Gasteiger partial charge >= 0.3 is 0 Å². The number of thiol groups is 7. The lowest BCUT2D eigenvalue weighted by Crippen LogP contribution is -2.21. The molecule has 24 heavy (non-hydrogen) atoms. The van der Waals surface area contributed by atoms with E-state index in [0.717, 1.165) is 50.0 Å². The lowest BCUT2D eigenvalue weighted by molar-refractivity contribution is 0.526. The van der Waals surface area contributed by atoms with Crippen LogP contribution in [0.5, 0.6) is 0 Å². The topological polar surface area (TPSA) is 0 Å². The highest BCUT2D eigenvalue weighted by Gasteiger charge is 2.27. The molecule has 0 aliphatic carbocycles. The molecule has 1 atom stereocenters. The molecule has 0 saturated carbocycles. The second-order valence-corrected chi connectivity index (χ2v) is 12.5. The molecule has 0 aromatic carbocycles. The molecule has 0 spiro atoms. The van der Waals surface area contributed by atoms with Crippen molar-refractivity contribution in [2.45, 2.75) is 90.5 Å². The summed E-state index contributed by atoms with van der Waals surface area (Å²) in [7, 11) is 0. The molecule has 0 aliphatic rings. The van der Waals surface area contributed by atoms with Gasteiger partial charge in [-0.2, -0.15) is 88.4 Å². The molecule has 7 heteroatoms. The van der Waals surface area contributed by atoms with Crippen LogP contribution in [0.1, 0.15) is 77.0 Å². The Bertz CT molecular complexity index is 295. The van der Waals surface area contributed by atoms with Gasteiger partial charge < -0.3 is 0 Å². The van der Waals surface area contributed by atoms with Gasteiger partial charge in [0, 0.05) is 5.25 Å². The van der Waals surface area contributed by atoms with Crippen LogP contribution in [0.3, 0.4) is 0 Å². The first kappa shape index (κ1) is 26.4. The van der Waals surface area contributed by atoms with Crippen molar-refractivity contribution in [1.29, 1.82) is 0 Å². The number of hydrogen-bond acceptors (Lipinski definition) is 7. The van der Waals surface area contributed by atoms with E-state index in [1.807, 2.05) is 0 Å². The second kappa shape index (κ2) is 15.4. The molecule has 0 aliphatic heterocycles. The van der Waals surface area contributed by atoms with Crippen molar-refractivity contribution in [3.63, 3.8) is 0 Å². The zero-order chi connectivity index (χ0) is 18.5. The molecule has 0 bridgehead atoms. The van der Waals surface area contributed by atoms with Gasteiger partial charge in [-0.25, -0.2) is 0 Å². The molecule has 1 unspecified atom stereocenters. The highest BCUT2D eigenvalue weighted by Crippen LogP contribution is 2.39. The highest BCUT2D eigenvalue weighted by molar-refractivity contribution is 8.01. The summed E-state index contributed by atoms with van der Waals surface area (Å²) in [6.45, 7) is 0. The SMILES string of the molecule is SCCCCCCCCC(S)(S)CCC(S)(S)CCC(S)CCS. The predicted molar refractivity (Wildman–Crippen MR) is 137 cm³/mol. The molecule has 0 heterocycles. The van der Waals surface area contributed by atoms with Crippen LogP contribution in [0.2, 0.25) is 0 Å². The Balaban J connectivity index is 3.87. The van der Waals surface area contributed by atoms with Crippen molar-refractivity contribution in [2.24, 2.45) is 0 Å². The second-order valence-electron chi connectivity index (χ2n) is 6.76. The van der Waals surface area contributed by atoms with E-state index >= 15 is 0 Å². The minimum Gasteiger partial charge on any atom is -0.179 e. The molecule has 0 aromatic heterocycles. The summed E-state index contributed by atoms with van der Waals surface area (Å²) in [6.07, 6.45) is 13.5. The van der Waals surface area contributed by atoms with Gasteiger partial charge in [0.05, 0.1) is 8.16 Å². The van der Waals surface area contributed by atoms with Crippen LogP contribution in [0.4, 0.5) is 0 Å². The minimum atomic E-state index is -0.263. The quantitative estimate of drug-likeness (QED) is 0.0718. The number of hydrogen-bond donors (Lipinski definition) is 7. The Kier molecular flexibility index (Phi) is 17.0. The van der Waals surface area contributed by atoms with Crippen LogP contribution in [-0.2, 0) is 0 Å². The van der Waals surface area contributed by atoms with Crippen molar-refractivity contribution in [2.75, 3.05) is 11.5 Å². The predicted octanol–water partition coefficient (Wildman–Crippen LogP) is 6.94. The van der Waals surface area contributed by atoms with E-state index < -0.39 is 0 Å². The monoisotopic (exact) mass is 464 g/mol. The Labute approximate surface area is 189 Å². The Morgan fingerprint density at radius 1 is 0.542 bits per heavy atom. The van der Waals surface area contributed by atoms with Gasteiger partial charge in [0.2, 0.25) is 0 Å². The molecule has 0 nitrogen and oxygen atoms in total. The van der Waals surface area contributed by atoms with Crippen LogP contribution >= 0.6 is 88.4 Å². The summed E-state index contributed by atoms with van der Waals surface area (Å²) in [5.74, 6) is 1.89. The van der Waals surface area contributed by atoms with Crippen LogP contribution in [-0.4, -0.2) is 24.9 Å². The first-order valence-electron chi connectivity index (χ1n) is 9.02.